The van der Waals surface area contributed by atoms with Crippen molar-refractivity contribution in [2.24, 2.45) is 0 Å². The summed E-state index contributed by atoms with van der Waals surface area (Å²) in [5.74, 6) is 0.549. The summed E-state index contributed by atoms with van der Waals surface area (Å²) in [4.78, 5) is 12.1. The third-order valence-electron chi connectivity index (χ3n) is 2.86. The highest BCUT2D eigenvalue weighted by molar-refractivity contribution is 6.04. The molecule has 0 atom stereocenters. The number of hydrogen-bond donors (Lipinski definition) is 2. The molecular formula is C15H16N2O2. The molecule has 0 unspecified atom stereocenters. The van der Waals surface area contributed by atoms with Gasteiger partial charge in [-0.1, -0.05) is 6.07 Å². The Labute approximate surface area is 112 Å². The number of benzene rings is 2. The Morgan fingerprint density at radius 3 is 2.47 bits per heavy atom. The first-order chi connectivity index (χ1) is 9.10. The monoisotopic (exact) mass is 256 g/mol. The molecule has 0 heterocycles. The van der Waals surface area contributed by atoms with E-state index in [2.05, 4.69) is 5.32 Å². The number of carbonyl (C=O) groups is 1. The first-order valence-electron chi connectivity index (χ1n) is 5.91. The number of amides is 1. The van der Waals surface area contributed by atoms with Crippen LogP contribution in [0.3, 0.4) is 0 Å². The molecule has 1 amide bonds. The minimum Gasteiger partial charge on any atom is -0.497 e. The molecule has 0 aromatic heterocycles. The van der Waals surface area contributed by atoms with Crippen molar-refractivity contribution in [1.82, 2.24) is 0 Å². The quantitative estimate of drug-likeness (QED) is 0.830. The van der Waals surface area contributed by atoms with Crippen LogP contribution in [0.25, 0.3) is 0 Å². The second-order valence-electron chi connectivity index (χ2n) is 4.26. The average molecular weight is 256 g/mol. The zero-order valence-corrected chi connectivity index (χ0v) is 10.9. The predicted octanol–water partition coefficient (Wildman–Crippen LogP) is 2.84. The maximum Gasteiger partial charge on any atom is 0.255 e. The lowest BCUT2D eigenvalue weighted by Gasteiger charge is -2.09. The Morgan fingerprint density at radius 1 is 1.16 bits per heavy atom. The van der Waals surface area contributed by atoms with Gasteiger partial charge in [-0.3, -0.25) is 4.79 Å². The molecule has 0 spiro atoms. The van der Waals surface area contributed by atoms with Gasteiger partial charge < -0.3 is 15.8 Å². The van der Waals surface area contributed by atoms with Crippen molar-refractivity contribution in [3.63, 3.8) is 0 Å². The SMILES string of the molecule is COc1ccc(C(=O)Nc2cc(N)ccc2C)cc1. The number of hydrogen-bond acceptors (Lipinski definition) is 3. The fourth-order valence-corrected chi connectivity index (χ4v) is 1.71. The standard InChI is InChI=1S/C15H16N2O2/c1-10-3-6-12(16)9-14(10)17-15(18)11-4-7-13(19-2)8-5-11/h3-9H,16H2,1-2H3,(H,17,18). The summed E-state index contributed by atoms with van der Waals surface area (Å²) in [6.07, 6.45) is 0. The van der Waals surface area contributed by atoms with Gasteiger partial charge in [-0.15, -0.1) is 0 Å². The van der Waals surface area contributed by atoms with E-state index in [0.29, 0.717) is 11.3 Å². The van der Waals surface area contributed by atoms with Gasteiger partial charge in [0.1, 0.15) is 5.75 Å². The highest BCUT2D eigenvalue weighted by Crippen LogP contribution is 2.19. The van der Waals surface area contributed by atoms with E-state index in [1.807, 2.05) is 13.0 Å². The molecule has 19 heavy (non-hydrogen) atoms. The molecule has 0 fully saturated rings. The number of ether oxygens (including phenoxy) is 1. The summed E-state index contributed by atoms with van der Waals surface area (Å²) in [6.45, 7) is 1.92. The third-order valence-corrected chi connectivity index (χ3v) is 2.86. The molecule has 4 nitrogen and oxygen atoms in total. The van der Waals surface area contributed by atoms with Gasteiger partial charge in [-0.05, 0) is 48.9 Å². The Balaban J connectivity index is 2.18. The van der Waals surface area contributed by atoms with Crippen LogP contribution in [0.4, 0.5) is 11.4 Å². The Kier molecular flexibility index (Phi) is 3.71. The number of rotatable bonds is 3. The van der Waals surface area contributed by atoms with Crippen LogP contribution in [0.1, 0.15) is 15.9 Å². The van der Waals surface area contributed by atoms with Gasteiger partial charge in [0.15, 0.2) is 0 Å². The van der Waals surface area contributed by atoms with Crippen LogP contribution in [-0.2, 0) is 0 Å². The minimum absolute atomic E-state index is 0.170. The fourth-order valence-electron chi connectivity index (χ4n) is 1.71. The first kappa shape index (κ1) is 13.0. The lowest BCUT2D eigenvalue weighted by Crippen LogP contribution is -2.12. The Bertz CT molecular complexity index is 592. The highest BCUT2D eigenvalue weighted by atomic mass is 16.5. The van der Waals surface area contributed by atoms with Crippen molar-refractivity contribution >= 4 is 17.3 Å². The lowest BCUT2D eigenvalue weighted by molar-refractivity contribution is 0.102. The number of anilines is 2. The van der Waals surface area contributed by atoms with Crippen molar-refractivity contribution in [3.8, 4) is 5.75 Å². The van der Waals surface area contributed by atoms with Crippen LogP contribution in [-0.4, -0.2) is 13.0 Å². The number of carbonyl (C=O) groups excluding carboxylic acids is 1. The molecule has 0 aliphatic heterocycles. The molecule has 0 saturated heterocycles. The molecule has 0 saturated carbocycles. The minimum atomic E-state index is -0.170. The first-order valence-corrected chi connectivity index (χ1v) is 5.91. The summed E-state index contributed by atoms with van der Waals surface area (Å²) in [5, 5.41) is 2.85. The summed E-state index contributed by atoms with van der Waals surface area (Å²) < 4.78 is 5.05. The summed E-state index contributed by atoms with van der Waals surface area (Å²) in [7, 11) is 1.59. The predicted molar refractivity (Wildman–Crippen MR) is 76.5 cm³/mol. The molecule has 3 N–H and O–H groups in total. The normalized spacial score (nSPS) is 10.0. The van der Waals surface area contributed by atoms with Gasteiger partial charge in [-0.25, -0.2) is 0 Å². The molecule has 98 valence electrons. The van der Waals surface area contributed by atoms with Gasteiger partial charge in [0.2, 0.25) is 0 Å². The molecule has 2 aromatic carbocycles. The van der Waals surface area contributed by atoms with E-state index in [0.717, 1.165) is 17.0 Å². The van der Waals surface area contributed by atoms with E-state index in [9.17, 15) is 4.79 Å². The molecule has 0 aliphatic carbocycles. The maximum absolute atomic E-state index is 12.1. The number of methoxy groups -OCH3 is 1. The van der Waals surface area contributed by atoms with E-state index < -0.39 is 0 Å². The summed E-state index contributed by atoms with van der Waals surface area (Å²) in [6, 6.07) is 12.4. The van der Waals surface area contributed by atoms with Crippen molar-refractivity contribution in [3.05, 3.63) is 53.6 Å². The average Bonchev–Trinajstić information content (AvgIpc) is 2.43. The van der Waals surface area contributed by atoms with Gasteiger partial charge >= 0.3 is 0 Å². The van der Waals surface area contributed by atoms with E-state index in [-0.39, 0.29) is 5.91 Å². The van der Waals surface area contributed by atoms with Crippen molar-refractivity contribution in [1.29, 1.82) is 0 Å². The smallest absolute Gasteiger partial charge is 0.255 e. The van der Waals surface area contributed by atoms with Gasteiger partial charge in [0, 0.05) is 16.9 Å². The Hall–Kier alpha value is -2.49. The van der Waals surface area contributed by atoms with Crippen molar-refractivity contribution in [2.45, 2.75) is 6.92 Å². The van der Waals surface area contributed by atoms with E-state index in [4.69, 9.17) is 10.5 Å². The molecule has 2 rings (SSSR count). The summed E-state index contributed by atoms with van der Waals surface area (Å²) in [5.41, 5.74) is 8.60. The van der Waals surface area contributed by atoms with Crippen LogP contribution < -0.4 is 15.8 Å². The topological polar surface area (TPSA) is 64.3 Å². The maximum atomic E-state index is 12.1. The molecule has 0 aliphatic rings. The lowest BCUT2D eigenvalue weighted by atomic mass is 10.1. The zero-order valence-electron chi connectivity index (χ0n) is 10.9. The van der Waals surface area contributed by atoms with Crippen LogP contribution in [0.5, 0.6) is 5.75 Å². The molecular weight excluding hydrogens is 240 g/mol. The van der Waals surface area contributed by atoms with E-state index in [1.54, 1.807) is 43.5 Å². The van der Waals surface area contributed by atoms with Gasteiger partial charge in [0.25, 0.3) is 5.91 Å². The van der Waals surface area contributed by atoms with Gasteiger partial charge in [0.05, 0.1) is 7.11 Å². The largest absolute Gasteiger partial charge is 0.497 e. The second-order valence-corrected chi connectivity index (χ2v) is 4.26. The molecule has 2 aromatic rings. The van der Waals surface area contributed by atoms with Crippen molar-refractivity contribution in [2.75, 3.05) is 18.2 Å². The summed E-state index contributed by atoms with van der Waals surface area (Å²) >= 11 is 0. The number of nitrogens with two attached hydrogens (primary N) is 1. The van der Waals surface area contributed by atoms with Crippen molar-refractivity contribution < 1.29 is 9.53 Å². The second kappa shape index (κ2) is 5.44. The fraction of sp³-hybridized carbons (Fsp3) is 0.133. The molecule has 4 heteroatoms. The van der Waals surface area contributed by atoms with E-state index in [1.165, 1.54) is 0 Å². The number of aryl methyl sites for hydroxylation is 1. The van der Waals surface area contributed by atoms with E-state index >= 15 is 0 Å². The van der Waals surface area contributed by atoms with Crippen LogP contribution in [0.15, 0.2) is 42.5 Å². The third kappa shape index (κ3) is 3.04. The molecule has 0 bridgehead atoms. The van der Waals surface area contributed by atoms with Crippen LogP contribution >= 0.6 is 0 Å². The molecule has 0 radical (unpaired) electrons. The zero-order chi connectivity index (χ0) is 13.8. The highest BCUT2D eigenvalue weighted by Gasteiger charge is 2.08. The van der Waals surface area contributed by atoms with Crippen LogP contribution in [0, 0.1) is 6.92 Å². The van der Waals surface area contributed by atoms with Crippen LogP contribution in [0.2, 0.25) is 0 Å². The Morgan fingerprint density at radius 2 is 1.84 bits per heavy atom. The number of nitrogens with one attached hydrogen (secondary N) is 1. The van der Waals surface area contributed by atoms with Gasteiger partial charge in [-0.2, -0.15) is 0 Å². The number of nitrogen functional groups attached to an aromatic ring is 1.